The second-order valence-corrected chi connectivity index (χ2v) is 12.6. The molecule has 0 aliphatic rings. The summed E-state index contributed by atoms with van der Waals surface area (Å²) in [6.07, 6.45) is 4.34. The van der Waals surface area contributed by atoms with Crippen LogP contribution < -0.4 is 10.6 Å². The molecule has 0 fully saturated rings. The van der Waals surface area contributed by atoms with Gasteiger partial charge >= 0.3 is 0 Å². The van der Waals surface area contributed by atoms with Gasteiger partial charge in [-0.15, -0.1) is 0 Å². The summed E-state index contributed by atoms with van der Waals surface area (Å²) in [5.41, 5.74) is 7.56. The van der Waals surface area contributed by atoms with Crippen LogP contribution in [0, 0.1) is 0 Å². The lowest BCUT2D eigenvalue weighted by molar-refractivity contribution is 0.295. The Hall–Kier alpha value is -3.88. The molecule has 236 valence electrons. The molecule has 7 heteroatoms. The number of nitrogens with zero attached hydrogens (tertiary/aromatic N) is 5. The van der Waals surface area contributed by atoms with Gasteiger partial charge in [0, 0.05) is 53.6 Å². The van der Waals surface area contributed by atoms with Gasteiger partial charge in [-0.25, -0.2) is 9.97 Å². The lowest BCUT2D eigenvalue weighted by Crippen LogP contribution is -2.28. The first-order chi connectivity index (χ1) is 21.8. The lowest BCUT2D eigenvalue weighted by atomic mass is 10.1. The van der Waals surface area contributed by atoms with E-state index in [0.29, 0.717) is 12.1 Å². The van der Waals surface area contributed by atoms with Gasteiger partial charge in [-0.3, -0.25) is 0 Å². The normalized spacial score (nSPS) is 13.2. The minimum atomic E-state index is 0.561. The summed E-state index contributed by atoms with van der Waals surface area (Å²) in [5, 5.41) is 8.22. The Morgan fingerprint density at radius 2 is 1.18 bits per heavy atom. The van der Waals surface area contributed by atoms with Crippen molar-refractivity contribution in [1.29, 1.82) is 0 Å². The number of para-hydroxylation sites is 1. The third-order valence-electron chi connectivity index (χ3n) is 8.92. The Morgan fingerprint density at radius 3 is 1.71 bits per heavy atom. The van der Waals surface area contributed by atoms with Gasteiger partial charge in [0.05, 0.1) is 5.69 Å². The topological polar surface area (TPSA) is 61.3 Å². The molecule has 0 aliphatic carbocycles. The maximum absolute atomic E-state index is 5.17. The van der Waals surface area contributed by atoms with Crippen molar-refractivity contribution in [2.24, 2.45) is 0 Å². The number of benzene rings is 3. The van der Waals surface area contributed by atoms with E-state index in [9.17, 15) is 0 Å². The number of rotatable bonds is 15. The summed E-state index contributed by atoms with van der Waals surface area (Å²) in [6, 6.07) is 31.1. The number of hydrogen-bond acceptors (Lipinski definition) is 6. The van der Waals surface area contributed by atoms with E-state index < -0.39 is 0 Å². The van der Waals surface area contributed by atoms with Crippen LogP contribution in [0.5, 0.6) is 0 Å². The van der Waals surface area contributed by atoms with Gasteiger partial charge in [-0.1, -0.05) is 66.7 Å². The highest BCUT2D eigenvalue weighted by Gasteiger charge is 2.16. The number of hydrogen-bond donors (Lipinski definition) is 2. The highest BCUT2D eigenvalue weighted by Crippen LogP contribution is 2.31. The largest absolute Gasteiger partial charge is 0.313 e. The van der Waals surface area contributed by atoms with Gasteiger partial charge in [-0.05, 0) is 97.3 Å². The molecular weight excluding hydrogens is 554 g/mol. The molecule has 0 radical (unpaired) electrons. The Balaban J connectivity index is 1.38. The van der Waals surface area contributed by atoms with Gasteiger partial charge < -0.3 is 25.0 Å². The zero-order valence-electron chi connectivity index (χ0n) is 27.8. The number of aromatic nitrogens is 3. The standard InChI is InChI=1S/C38H49N7/c1-28(43(3)4)20-23-39-26-30-12-16-32(17-13-30)36-35-22-25-45(34-10-8-7-9-11-34)38(35)42-37(41-36)33-18-14-31(15-19-33)27-40-24-21-29(2)44(5)6/h7-19,22,25,28-29,39-40H,20-21,23-24,26-27H2,1-6H3. The van der Waals surface area contributed by atoms with Crippen LogP contribution in [0.15, 0.2) is 91.1 Å². The minimum Gasteiger partial charge on any atom is -0.313 e. The summed E-state index contributed by atoms with van der Waals surface area (Å²) in [7, 11) is 8.53. The summed E-state index contributed by atoms with van der Waals surface area (Å²) < 4.78 is 2.16. The van der Waals surface area contributed by atoms with Gasteiger partial charge in [0.1, 0.15) is 5.65 Å². The SMILES string of the molecule is CC(CCNCc1ccc(-c2nc(-c3ccc(CNCCC(C)N(C)C)cc3)c3ccn(-c4ccccc4)c3n2)cc1)N(C)C. The van der Waals surface area contributed by atoms with Crippen LogP contribution in [-0.2, 0) is 13.1 Å². The molecule has 2 unspecified atom stereocenters. The molecule has 3 aromatic carbocycles. The zero-order valence-corrected chi connectivity index (χ0v) is 27.8. The molecule has 0 saturated carbocycles. The first-order valence-electron chi connectivity index (χ1n) is 16.2. The van der Waals surface area contributed by atoms with Crippen LogP contribution in [0.1, 0.15) is 37.8 Å². The third kappa shape index (κ3) is 8.44. The van der Waals surface area contributed by atoms with Crippen LogP contribution in [0.25, 0.3) is 39.4 Å². The molecule has 5 aromatic rings. The first kappa shape index (κ1) is 32.5. The Labute approximate surface area is 269 Å². The summed E-state index contributed by atoms with van der Waals surface area (Å²) in [6.45, 7) is 8.21. The van der Waals surface area contributed by atoms with Crippen LogP contribution in [0.4, 0.5) is 0 Å². The fourth-order valence-corrected chi connectivity index (χ4v) is 5.32. The van der Waals surface area contributed by atoms with Gasteiger partial charge in [0.15, 0.2) is 5.82 Å². The van der Waals surface area contributed by atoms with Gasteiger partial charge in [0.25, 0.3) is 0 Å². The van der Waals surface area contributed by atoms with Crippen molar-refractivity contribution in [2.45, 2.75) is 51.9 Å². The quantitative estimate of drug-likeness (QED) is 0.131. The van der Waals surface area contributed by atoms with E-state index >= 15 is 0 Å². The smallest absolute Gasteiger partial charge is 0.162 e. The lowest BCUT2D eigenvalue weighted by Gasteiger charge is -2.19. The summed E-state index contributed by atoms with van der Waals surface area (Å²) >= 11 is 0. The van der Waals surface area contributed by atoms with Crippen molar-refractivity contribution in [2.75, 3.05) is 41.3 Å². The molecule has 0 saturated heterocycles. The van der Waals surface area contributed by atoms with E-state index in [1.807, 2.05) is 6.07 Å². The molecule has 5 rings (SSSR count). The predicted molar refractivity (Wildman–Crippen MR) is 189 cm³/mol. The van der Waals surface area contributed by atoms with E-state index in [1.165, 1.54) is 11.1 Å². The molecule has 45 heavy (non-hydrogen) atoms. The third-order valence-corrected chi connectivity index (χ3v) is 8.92. The van der Waals surface area contributed by atoms with Crippen LogP contribution >= 0.6 is 0 Å². The fraction of sp³-hybridized carbons (Fsp3) is 0.368. The molecule has 0 spiro atoms. The van der Waals surface area contributed by atoms with E-state index in [-0.39, 0.29) is 0 Å². The molecule has 2 atom stereocenters. The Bertz CT molecular complexity index is 1620. The average molecular weight is 604 g/mol. The molecule has 0 aliphatic heterocycles. The molecule has 7 nitrogen and oxygen atoms in total. The maximum atomic E-state index is 5.17. The number of nitrogens with one attached hydrogen (secondary N) is 2. The van der Waals surface area contributed by atoms with E-state index in [1.54, 1.807) is 0 Å². The number of fused-ring (bicyclic) bond motifs is 1. The van der Waals surface area contributed by atoms with Crippen LogP contribution in [-0.4, -0.2) is 77.7 Å². The van der Waals surface area contributed by atoms with Gasteiger partial charge in [-0.2, -0.15) is 0 Å². The van der Waals surface area contributed by atoms with Crippen molar-refractivity contribution < 1.29 is 0 Å². The highest BCUT2D eigenvalue weighted by molar-refractivity contribution is 5.93. The molecule has 2 N–H and O–H groups in total. The van der Waals surface area contributed by atoms with Crippen molar-refractivity contribution in [3.8, 4) is 28.3 Å². The predicted octanol–water partition coefficient (Wildman–Crippen LogP) is 6.61. The highest BCUT2D eigenvalue weighted by atomic mass is 15.1. The summed E-state index contributed by atoms with van der Waals surface area (Å²) in [4.78, 5) is 14.8. The first-order valence-corrected chi connectivity index (χ1v) is 16.2. The fourth-order valence-electron chi connectivity index (χ4n) is 5.32. The second kappa shape index (κ2) is 15.4. The average Bonchev–Trinajstić information content (AvgIpc) is 3.49. The molecular formula is C38H49N7. The molecule has 0 bridgehead atoms. The van der Waals surface area contributed by atoms with Gasteiger partial charge in [0.2, 0.25) is 0 Å². The monoisotopic (exact) mass is 603 g/mol. The summed E-state index contributed by atoms with van der Waals surface area (Å²) in [5.74, 6) is 0.730. The van der Waals surface area contributed by atoms with Crippen LogP contribution in [0.3, 0.4) is 0 Å². The molecule has 0 amide bonds. The molecule has 2 aromatic heterocycles. The van der Waals surface area contributed by atoms with Crippen molar-refractivity contribution in [3.05, 3.63) is 102 Å². The zero-order chi connectivity index (χ0) is 31.8. The van der Waals surface area contributed by atoms with Crippen molar-refractivity contribution >= 4 is 11.0 Å². The maximum Gasteiger partial charge on any atom is 0.162 e. The minimum absolute atomic E-state index is 0.561. The van der Waals surface area contributed by atoms with E-state index in [0.717, 1.165) is 78.4 Å². The Kier molecular flexibility index (Phi) is 11.1. The molecule has 2 heterocycles. The van der Waals surface area contributed by atoms with Crippen LogP contribution in [0.2, 0.25) is 0 Å². The van der Waals surface area contributed by atoms with Crippen molar-refractivity contribution in [1.82, 2.24) is 35.0 Å². The van der Waals surface area contributed by atoms with E-state index in [2.05, 4.69) is 152 Å². The second-order valence-electron chi connectivity index (χ2n) is 12.6. The Morgan fingerprint density at radius 1 is 0.644 bits per heavy atom. The van der Waals surface area contributed by atoms with Crippen molar-refractivity contribution in [3.63, 3.8) is 0 Å². The van der Waals surface area contributed by atoms with E-state index in [4.69, 9.17) is 9.97 Å².